The first-order valence-electron chi connectivity index (χ1n) is 6.10. The number of benzene rings is 1. The molecule has 0 atom stereocenters. The van der Waals surface area contributed by atoms with Crippen molar-refractivity contribution in [2.24, 2.45) is 5.10 Å². The van der Waals surface area contributed by atoms with Gasteiger partial charge in [-0.15, -0.1) is 0 Å². The summed E-state index contributed by atoms with van der Waals surface area (Å²) < 4.78 is 6.11. The van der Waals surface area contributed by atoms with Crippen LogP contribution in [0, 0.1) is 13.8 Å². The Kier molecular flexibility index (Phi) is 2.90. The predicted molar refractivity (Wildman–Crippen MR) is 75.0 cm³/mol. The molecular formula is C14H12N4O2. The zero-order valence-corrected chi connectivity index (χ0v) is 11.1. The molecule has 0 saturated carbocycles. The maximum absolute atomic E-state index is 12.2. The summed E-state index contributed by atoms with van der Waals surface area (Å²) >= 11 is 0. The molecule has 0 aliphatic heterocycles. The Morgan fingerprint density at radius 3 is 2.75 bits per heavy atom. The van der Waals surface area contributed by atoms with E-state index in [9.17, 15) is 4.79 Å². The third kappa shape index (κ3) is 2.11. The molecule has 3 rings (SSSR count). The van der Waals surface area contributed by atoms with Crippen LogP contribution in [-0.4, -0.2) is 21.0 Å². The standard InChI is InChI=1S/C14H12N4O2/c1-9-3-5-11(6-4-9)7-16-18-8-15-13-12(14(18)19)10(2)17-20-13/h3-8H,1-2H3/b16-7+. The average Bonchev–Trinajstić information content (AvgIpc) is 2.82. The minimum absolute atomic E-state index is 0.231. The van der Waals surface area contributed by atoms with Crippen molar-refractivity contribution in [1.82, 2.24) is 14.8 Å². The van der Waals surface area contributed by atoms with Crippen LogP contribution in [0.1, 0.15) is 16.8 Å². The largest absolute Gasteiger partial charge is 0.335 e. The Morgan fingerprint density at radius 2 is 2.00 bits per heavy atom. The van der Waals surface area contributed by atoms with Gasteiger partial charge < -0.3 is 4.52 Å². The van der Waals surface area contributed by atoms with Gasteiger partial charge in [0.1, 0.15) is 11.7 Å². The van der Waals surface area contributed by atoms with Crippen molar-refractivity contribution in [2.75, 3.05) is 0 Å². The van der Waals surface area contributed by atoms with Gasteiger partial charge in [0.2, 0.25) is 0 Å². The molecular weight excluding hydrogens is 256 g/mol. The van der Waals surface area contributed by atoms with Gasteiger partial charge in [-0.1, -0.05) is 35.0 Å². The van der Waals surface area contributed by atoms with Crippen LogP contribution in [-0.2, 0) is 0 Å². The smallest absolute Gasteiger partial charge is 0.287 e. The fourth-order valence-corrected chi connectivity index (χ4v) is 1.83. The fourth-order valence-electron chi connectivity index (χ4n) is 1.83. The van der Waals surface area contributed by atoms with Gasteiger partial charge in [0.05, 0.1) is 11.9 Å². The molecule has 100 valence electrons. The summed E-state index contributed by atoms with van der Waals surface area (Å²) in [6.07, 6.45) is 2.93. The van der Waals surface area contributed by atoms with Crippen LogP contribution in [0.5, 0.6) is 0 Å². The molecule has 2 aromatic heterocycles. The van der Waals surface area contributed by atoms with Crippen LogP contribution in [0.3, 0.4) is 0 Å². The van der Waals surface area contributed by atoms with Crippen molar-refractivity contribution in [1.29, 1.82) is 0 Å². The lowest BCUT2D eigenvalue weighted by Gasteiger charge is -1.97. The summed E-state index contributed by atoms with van der Waals surface area (Å²) in [5.41, 5.74) is 2.52. The minimum atomic E-state index is -0.294. The average molecular weight is 268 g/mol. The van der Waals surface area contributed by atoms with E-state index in [0.29, 0.717) is 11.1 Å². The highest BCUT2D eigenvalue weighted by atomic mass is 16.5. The van der Waals surface area contributed by atoms with Gasteiger partial charge in [0.15, 0.2) is 0 Å². The highest BCUT2D eigenvalue weighted by Gasteiger charge is 2.11. The van der Waals surface area contributed by atoms with Gasteiger partial charge in [-0.25, -0.2) is 0 Å². The van der Waals surface area contributed by atoms with Gasteiger partial charge in [0, 0.05) is 0 Å². The lowest BCUT2D eigenvalue weighted by molar-refractivity contribution is 0.442. The summed E-state index contributed by atoms with van der Waals surface area (Å²) in [6, 6.07) is 7.83. The van der Waals surface area contributed by atoms with Crippen LogP contribution < -0.4 is 5.56 Å². The minimum Gasteiger partial charge on any atom is -0.335 e. The highest BCUT2D eigenvalue weighted by molar-refractivity contribution is 5.79. The summed E-state index contributed by atoms with van der Waals surface area (Å²) in [5.74, 6) is 0. The molecule has 0 aliphatic carbocycles. The Bertz CT molecular complexity index is 844. The van der Waals surface area contributed by atoms with Crippen LogP contribution in [0.4, 0.5) is 0 Å². The van der Waals surface area contributed by atoms with Crippen molar-refractivity contribution in [3.63, 3.8) is 0 Å². The van der Waals surface area contributed by atoms with Crippen LogP contribution >= 0.6 is 0 Å². The Morgan fingerprint density at radius 1 is 1.25 bits per heavy atom. The van der Waals surface area contributed by atoms with Crippen molar-refractivity contribution in [3.05, 3.63) is 57.8 Å². The number of hydrogen-bond donors (Lipinski definition) is 0. The Labute approximate surface area is 114 Å². The first-order chi connectivity index (χ1) is 9.65. The third-order valence-corrected chi connectivity index (χ3v) is 2.96. The molecule has 0 radical (unpaired) electrons. The number of nitrogens with zero attached hydrogens (tertiary/aromatic N) is 4. The third-order valence-electron chi connectivity index (χ3n) is 2.96. The number of fused-ring (bicyclic) bond motifs is 1. The normalized spacial score (nSPS) is 11.5. The summed E-state index contributed by atoms with van der Waals surface area (Å²) in [4.78, 5) is 16.2. The van der Waals surface area contributed by atoms with Crippen LogP contribution in [0.15, 0.2) is 45.0 Å². The molecule has 0 aliphatic rings. The number of rotatable bonds is 2. The van der Waals surface area contributed by atoms with E-state index in [1.165, 1.54) is 16.6 Å². The topological polar surface area (TPSA) is 73.3 Å². The number of aryl methyl sites for hydroxylation is 2. The number of hydrogen-bond acceptors (Lipinski definition) is 5. The maximum Gasteiger partial charge on any atom is 0.287 e. The van der Waals surface area contributed by atoms with E-state index in [0.717, 1.165) is 5.56 Å². The summed E-state index contributed by atoms with van der Waals surface area (Å²) in [6.45, 7) is 3.71. The van der Waals surface area contributed by atoms with E-state index in [2.05, 4.69) is 15.2 Å². The van der Waals surface area contributed by atoms with E-state index >= 15 is 0 Å². The van der Waals surface area contributed by atoms with Crippen molar-refractivity contribution < 1.29 is 4.52 Å². The molecule has 0 amide bonds. The molecule has 2 heterocycles. The molecule has 20 heavy (non-hydrogen) atoms. The quantitative estimate of drug-likeness (QED) is 0.665. The monoisotopic (exact) mass is 268 g/mol. The maximum atomic E-state index is 12.2. The Hall–Kier alpha value is -2.76. The van der Waals surface area contributed by atoms with Crippen LogP contribution in [0.2, 0.25) is 0 Å². The molecule has 0 spiro atoms. The second kappa shape index (κ2) is 4.73. The zero-order valence-electron chi connectivity index (χ0n) is 11.1. The molecule has 3 aromatic rings. The van der Waals surface area contributed by atoms with E-state index < -0.39 is 0 Å². The molecule has 6 nitrogen and oxygen atoms in total. The van der Waals surface area contributed by atoms with Gasteiger partial charge in [-0.3, -0.25) is 4.79 Å². The van der Waals surface area contributed by atoms with E-state index in [-0.39, 0.29) is 11.3 Å². The number of aromatic nitrogens is 3. The molecule has 0 bridgehead atoms. The van der Waals surface area contributed by atoms with Gasteiger partial charge in [-0.2, -0.15) is 14.8 Å². The molecule has 0 unspecified atom stereocenters. The first-order valence-corrected chi connectivity index (χ1v) is 6.10. The van der Waals surface area contributed by atoms with E-state index in [1.54, 1.807) is 13.1 Å². The van der Waals surface area contributed by atoms with Crippen LogP contribution in [0.25, 0.3) is 11.1 Å². The lowest BCUT2D eigenvalue weighted by Crippen LogP contribution is -2.17. The summed E-state index contributed by atoms with van der Waals surface area (Å²) in [7, 11) is 0. The molecule has 0 fully saturated rings. The van der Waals surface area contributed by atoms with Crippen molar-refractivity contribution in [3.8, 4) is 0 Å². The van der Waals surface area contributed by atoms with Crippen molar-refractivity contribution >= 4 is 17.3 Å². The predicted octanol–water partition coefficient (Wildman–Crippen LogP) is 1.88. The van der Waals surface area contributed by atoms with Gasteiger partial charge in [-0.05, 0) is 19.4 Å². The molecule has 6 heteroatoms. The Balaban J connectivity index is 2.02. The van der Waals surface area contributed by atoms with Gasteiger partial charge >= 0.3 is 0 Å². The first kappa shape index (κ1) is 12.3. The van der Waals surface area contributed by atoms with Gasteiger partial charge in [0.25, 0.3) is 11.3 Å². The molecule has 0 saturated heterocycles. The fraction of sp³-hybridized carbons (Fsp3) is 0.143. The second-order valence-electron chi connectivity index (χ2n) is 4.50. The van der Waals surface area contributed by atoms with E-state index in [1.807, 2.05) is 31.2 Å². The zero-order chi connectivity index (χ0) is 14.1. The molecule has 1 aromatic carbocycles. The van der Waals surface area contributed by atoms with E-state index in [4.69, 9.17) is 4.52 Å². The highest BCUT2D eigenvalue weighted by Crippen LogP contribution is 2.09. The van der Waals surface area contributed by atoms with Crippen molar-refractivity contribution in [2.45, 2.75) is 13.8 Å². The second-order valence-corrected chi connectivity index (χ2v) is 4.50. The lowest BCUT2D eigenvalue weighted by atomic mass is 10.2. The SMILES string of the molecule is Cc1ccc(/C=N/n2cnc3onc(C)c3c2=O)cc1. The molecule has 0 N–H and O–H groups in total. The summed E-state index contributed by atoms with van der Waals surface area (Å²) in [5, 5.41) is 8.20.